The highest BCUT2D eigenvalue weighted by Crippen LogP contribution is 2.44. The zero-order valence-electron chi connectivity index (χ0n) is 19.8. The van der Waals surface area contributed by atoms with E-state index in [0.717, 1.165) is 28.7 Å². The van der Waals surface area contributed by atoms with E-state index in [9.17, 15) is 19.5 Å². The van der Waals surface area contributed by atoms with Crippen LogP contribution >= 0.6 is 0 Å². The number of carboxylic acids is 1. The molecule has 3 N–H and O–H groups in total. The average Bonchev–Trinajstić information content (AvgIpc) is 3.11. The molecule has 0 bridgehead atoms. The molecular weight excluding hydrogens is 436 g/mol. The highest BCUT2D eigenvalue weighted by molar-refractivity contribution is 5.87. The van der Waals surface area contributed by atoms with Crippen LogP contribution in [0.3, 0.4) is 0 Å². The highest BCUT2D eigenvalue weighted by Gasteiger charge is 2.35. The fourth-order valence-corrected chi connectivity index (χ4v) is 4.40. The lowest BCUT2D eigenvalue weighted by molar-refractivity contribution is -0.149. The second-order valence-electron chi connectivity index (χ2n) is 8.78. The van der Waals surface area contributed by atoms with Gasteiger partial charge in [0.1, 0.15) is 6.61 Å². The lowest BCUT2D eigenvalue weighted by Crippen LogP contribution is -2.56. The standard InChI is InChI=1S/C26H32N2O6/c1-4-9-17(14-23(29)28-26(2,16-33-3)24(30)31)27-25(32)34-15-22-20-12-7-5-10-18(20)19-11-6-8-13-21(19)22/h5-8,10-13,17,22H,4,9,14-16H2,1-3H3,(H,27,32)(H,28,29)(H,30,31)/t17-,26?/m0/s1. The molecule has 8 heteroatoms. The molecule has 2 atom stereocenters. The molecule has 0 fully saturated rings. The van der Waals surface area contributed by atoms with Gasteiger partial charge in [-0.2, -0.15) is 0 Å². The third-order valence-corrected chi connectivity index (χ3v) is 6.05. The molecule has 1 unspecified atom stereocenters. The van der Waals surface area contributed by atoms with E-state index in [2.05, 4.69) is 22.8 Å². The lowest BCUT2D eigenvalue weighted by Gasteiger charge is -2.26. The van der Waals surface area contributed by atoms with E-state index in [1.54, 1.807) is 0 Å². The van der Waals surface area contributed by atoms with Crippen molar-refractivity contribution >= 4 is 18.0 Å². The van der Waals surface area contributed by atoms with E-state index in [0.29, 0.717) is 6.42 Å². The van der Waals surface area contributed by atoms with Crippen molar-refractivity contribution in [1.29, 1.82) is 0 Å². The average molecular weight is 469 g/mol. The van der Waals surface area contributed by atoms with Gasteiger partial charge in [0.05, 0.1) is 6.61 Å². The van der Waals surface area contributed by atoms with Crippen molar-refractivity contribution in [1.82, 2.24) is 10.6 Å². The maximum atomic E-state index is 12.6. The van der Waals surface area contributed by atoms with Gasteiger partial charge in [0, 0.05) is 25.5 Å². The molecule has 0 radical (unpaired) electrons. The molecule has 3 rings (SSSR count). The van der Waals surface area contributed by atoms with Gasteiger partial charge in [0.15, 0.2) is 5.54 Å². The maximum absolute atomic E-state index is 12.6. The number of hydrogen-bond acceptors (Lipinski definition) is 5. The van der Waals surface area contributed by atoms with E-state index < -0.39 is 29.6 Å². The van der Waals surface area contributed by atoms with Gasteiger partial charge in [-0.05, 0) is 35.6 Å². The van der Waals surface area contributed by atoms with Crippen LogP contribution in [0, 0.1) is 0 Å². The SMILES string of the molecule is CCC[C@@H](CC(=O)NC(C)(COC)C(=O)O)NC(=O)OCC1c2ccccc2-c2ccccc21. The van der Waals surface area contributed by atoms with Crippen LogP contribution in [-0.2, 0) is 19.1 Å². The Morgan fingerprint density at radius 1 is 1.06 bits per heavy atom. The fourth-order valence-electron chi connectivity index (χ4n) is 4.40. The Labute approximate surface area is 199 Å². The quantitative estimate of drug-likeness (QED) is 0.464. The monoisotopic (exact) mass is 468 g/mol. The van der Waals surface area contributed by atoms with Crippen molar-refractivity contribution in [3.05, 3.63) is 59.7 Å². The van der Waals surface area contributed by atoms with Crippen molar-refractivity contribution in [3.63, 3.8) is 0 Å². The predicted molar refractivity (Wildman–Crippen MR) is 128 cm³/mol. The number of nitrogens with one attached hydrogen (secondary N) is 2. The maximum Gasteiger partial charge on any atom is 0.407 e. The number of amides is 2. The van der Waals surface area contributed by atoms with E-state index >= 15 is 0 Å². The number of ether oxygens (including phenoxy) is 2. The Hall–Kier alpha value is -3.39. The molecule has 0 saturated heterocycles. The van der Waals surface area contributed by atoms with Gasteiger partial charge in [0.2, 0.25) is 5.91 Å². The summed E-state index contributed by atoms with van der Waals surface area (Å²) in [5.41, 5.74) is 2.97. The van der Waals surface area contributed by atoms with Crippen LogP contribution in [0.2, 0.25) is 0 Å². The van der Waals surface area contributed by atoms with Crippen LogP contribution in [0.25, 0.3) is 11.1 Å². The largest absolute Gasteiger partial charge is 0.479 e. The molecule has 2 amide bonds. The number of benzene rings is 2. The van der Waals surface area contributed by atoms with Crippen LogP contribution in [0.1, 0.15) is 50.2 Å². The van der Waals surface area contributed by atoms with Gasteiger partial charge in [-0.1, -0.05) is 61.9 Å². The molecule has 1 aliphatic carbocycles. The van der Waals surface area contributed by atoms with Crippen LogP contribution < -0.4 is 10.6 Å². The summed E-state index contributed by atoms with van der Waals surface area (Å²) in [6.07, 6.45) is 0.609. The van der Waals surface area contributed by atoms with Crippen molar-refractivity contribution in [2.75, 3.05) is 20.3 Å². The normalized spacial score (nSPS) is 14.9. The zero-order chi connectivity index (χ0) is 24.7. The number of methoxy groups -OCH3 is 1. The summed E-state index contributed by atoms with van der Waals surface area (Å²) >= 11 is 0. The van der Waals surface area contributed by atoms with Crippen LogP contribution in [-0.4, -0.2) is 55.0 Å². The summed E-state index contributed by atoms with van der Waals surface area (Å²) in [5.74, 6) is -1.74. The number of carbonyl (C=O) groups excluding carboxylic acids is 2. The van der Waals surface area contributed by atoms with Crippen molar-refractivity contribution < 1.29 is 29.0 Å². The fraction of sp³-hybridized carbons (Fsp3) is 0.423. The molecule has 1 aliphatic rings. The first-order valence-electron chi connectivity index (χ1n) is 11.4. The Morgan fingerprint density at radius 2 is 1.65 bits per heavy atom. The molecule has 0 aromatic heterocycles. The van der Waals surface area contributed by atoms with E-state index in [-0.39, 0.29) is 25.6 Å². The Balaban J connectivity index is 1.60. The second-order valence-corrected chi connectivity index (χ2v) is 8.78. The van der Waals surface area contributed by atoms with Crippen LogP contribution in [0.5, 0.6) is 0 Å². The Morgan fingerprint density at radius 3 is 2.18 bits per heavy atom. The number of alkyl carbamates (subject to hydrolysis) is 1. The minimum Gasteiger partial charge on any atom is -0.479 e. The molecule has 0 saturated carbocycles. The first-order chi connectivity index (χ1) is 16.3. The van der Waals surface area contributed by atoms with Crippen molar-refractivity contribution in [3.8, 4) is 11.1 Å². The summed E-state index contributed by atoms with van der Waals surface area (Å²) in [6.45, 7) is 3.32. The summed E-state index contributed by atoms with van der Waals surface area (Å²) in [7, 11) is 1.37. The molecular formula is C26H32N2O6. The van der Waals surface area contributed by atoms with E-state index in [1.807, 2.05) is 43.3 Å². The number of aliphatic carboxylic acids is 1. The first-order valence-corrected chi connectivity index (χ1v) is 11.4. The molecule has 0 spiro atoms. The zero-order valence-corrected chi connectivity index (χ0v) is 19.8. The highest BCUT2D eigenvalue weighted by atomic mass is 16.5. The number of rotatable bonds is 11. The van der Waals surface area contributed by atoms with Crippen molar-refractivity contribution in [2.45, 2.75) is 50.6 Å². The first kappa shape index (κ1) is 25.2. The summed E-state index contributed by atoms with van der Waals surface area (Å²) in [6, 6.07) is 15.7. The van der Waals surface area contributed by atoms with E-state index in [1.165, 1.54) is 14.0 Å². The molecule has 2 aromatic carbocycles. The molecule has 2 aromatic rings. The van der Waals surface area contributed by atoms with Gasteiger partial charge < -0.3 is 25.2 Å². The topological polar surface area (TPSA) is 114 Å². The van der Waals surface area contributed by atoms with Crippen LogP contribution in [0.15, 0.2) is 48.5 Å². The Bertz CT molecular complexity index is 994. The molecule has 0 aliphatic heterocycles. The lowest BCUT2D eigenvalue weighted by atomic mass is 9.98. The molecule has 34 heavy (non-hydrogen) atoms. The molecule has 8 nitrogen and oxygen atoms in total. The Kier molecular flexibility index (Phi) is 8.28. The number of carbonyl (C=O) groups is 3. The molecule has 0 heterocycles. The van der Waals surface area contributed by atoms with E-state index in [4.69, 9.17) is 9.47 Å². The summed E-state index contributed by atoms with van der Waals surface area (Å²) in [4.78, 5) is 36.7. The van der Waals surface area contributed by atoms with Crippen LogP contribution in [0.4, 0.5) is 4.79 Å². The predicted octanol–water partition coefficient (Wildman–Crippen LogP) is 3.69. The number of hydrogen-bond donors (Lipinski definition) is 3. The second kappa shape index (κ2) is 11.2. The van der Waals surface area contributed by atoms with Gasteiger partial charge in [-0.15, -0.1) is 0 Å². The minimum atomic E-state index is -1.55. The van der Waals surface area contributed by atoms with Gasteiger partial charge >= 0.3 is 12.1 Å². The number of carboxylic acid groups (broad SMARTS) is 1. The molecule has 182 valence electrons. The third kappa shape index (κ3) is 5.75. The van der Waals surface area contributed by atoms with Gasteiger partial charge in [-0.3, -0.25) is 4.79 Å². The summed E-state index contributed by atoms with van der Waals surface area (Å²) < 4.78 is 10.5. The smallest absolute Gasteiger partial charge is 0.407 e. The van der Waals surface area contributed by atoms with Gasteiger partial charge in [-0.25, -0.2) is 9.59 Å². The van der Waals surface area contributed by atoms with Crippen molar-refractivity contribution in [2.24, 2.45) is 0 Å². The summed E-state index contributed by atoms with van der Waals surface area (Å²) in [5, 5.41) is 14.7. The minimum absolute atomic E-state index is 0.0589. The number of fused-ring (bicyclic) bond motifs is 3. The third-order valence-electron chi connectivity index (χ3n) is 6.05. The van der Waals surface area contributed by atoms with Gasteiger partial charge in [0.25, 0.3) is 0 Å².